The Kier molecular flexibility index (Phi) is 3.11. The molecule has 0 saturated carbocycles. The lowest BCUT2D eigenvalue weighted by atomic mass is 9.88. The summed E-state index contributed by atoms with van der Waals surface area (Å²) < 4.78 is 0. The molecule has 0 bridgehead atoms. The minimum absolute atomic E-state index is 0.509. The number of aldehydes is 1. The molecule has 0 N–H and O–H groups in total. The van der Waals surface area contributed by atoms with Crippen molar-refractivity contribution in [1.82, 2.24) is 9.88 Å². The van der Waals surface area contributed by atoms with Crippen LogP contribution < -0.4 is 0 Å². The van der Waals surface area contributed by atoms with E-state index in [-0.39, 0.29) is 0 Å². The minimum Gasteiger partial charge on any atom is -0.306 e. The van der Waals surface area contributed by atoms with E-state index < -0.39 is 0 Å². The third-order valence-corrected chi connectivity index (χ3v) is 3.17. The maximum atomic E-state index is 10.9. The Morgan fingerprint density at radius 2 is 2.20 bits per heavy atom. The molecule has 1 aromatic rings. The summed E-state index contributed by atoms with van der Waals surface area (Å²) in [4.78, 5) is 17.3. The molecule has 1 aromatic heterocycles. The zero-order valence-electron chi connectivity index (χ0n) is 9.02. The standard InChI is InChI=1S/C12H16N2O/c1-14-6-3-10(4-7-14)12-8-13-5-2-11(12)9-15/h2,5,8-10H,3-4,6-7H2,1H3. The summed E-state index contributed by atoms with van der Waals surface area (Å²) in [6.45, 7) is 2.22. The van der Waals surface area contributed by atoms with E-state index in [0.717, 1.165) is 43.3 Å². The molecule has 0 atom stereocenters. The van der Waals surface area contributed by atoms with Crippen molar-refractivity contribution in [2.24, 2.45) is 0 Å². The second-order valence-electron chi connectivity index (χ2n) is 4.20. The summed E-state index contributed by atoms with van der Waals surface area (Å²) in [6.07, 6.45) is 6.73. The van der Waals surface area contributed by atoms with Gasteiger partial charge in [-0.1, -0.05) is 0 Å². The lowest BCUT2D eigenvalue weighted by Crippen LogP contribution is -2.29. The molecule has 1 aliphatic heterocycles. The molecule has 0 radical (unpaired) electrons. The molecule has 15 heavy (non-hydrogen) atoms. The van der Waals surface area contributed by atoms with Crippen molar-refractivity contribution in [3.05, 3.63) is 29.6 Å². The Bertz CT molecular complexity index is 343. The van der Waals surface area contributed by atoms with E-state index in [1.807, 2.05) is 6.20 Å². The highest BCUT2D eigenvalue weighted by atomic mass is 16.1. The van der Waals surface area contributed by atoms with Crippen LogP contribution in [-0.2, 0) is 0 Å². The van der Waals surface area contributed by atoms with Crippen LogP contribution in [-0.4, -0.2) is 36.3 Å². The molecule has 1 fully saturated rings. The number of carbonyl (C=O) groups excluding carboxylic acids is 1. The monoisotopic (exact) mass is 204 g/mol. The van der Waals surface area contributed by atoms with Gasteiger partial charge < -0.3 is 4.90 Å². The molecule has 1 saturated heterocycles. The molecule has 0 amide bonds. The Balaban J connectivity index is 2.18. The fourth-order valence-electron chi connectivity index (χ4n) is 2.19. The lowest BCUT2D eigenvalue weighted by molar-refractivity contribution is 0.112. The van der Waals surface area contributed by atoms with Crippen molar-refractivity contribution in [3.8, 4) is 0 Å². The highest BCUT2D eigenvalue weighted by Gasteiger charge is 2.20. The summed E-state index contributed by atoms with van der Waals surface area (Å²) in [5.74, 6) is 0.509. The molecule has 0 spiro atoms. The van der Waals surface area contributed by atoms with Crippen LogP contribution in [0, 0.1) is 0 Å². The van der Waals surface area contributed by atoms with Crippen LogP contribution in [0.2, 0.25) is 0 Å². The van der Waals surface area contributed by atoms with Gasteiger partial charge in [-0.15, -0.1) is 0 Å². The van der Waals surface area contributed by atoms with Crippen LogP contribution in [0.5, 0.6) is 0 Å². The van der Waals surface area contributed by atoms with Crippen LogP contribution in [0.3, 0.4) is 0 Å². The molecule has 0 aliphatic carbocycles. The quantitative estimate of drug-likeness (QED) is 0.687. The first-order valence-corrected chi connectivity index (χ1v) is 5.39. The van der Waals surface area contributed by atoms with E-state index in [0.29, 0.717) is 5.92 Å². The third-order valence-electron chi connectivity index (χ3n) is 3.17. The number of carbonyl (C=O) groups is 1. The molecule has 3 heteroatoms. The number of pyridine rings is 1. The Hall–Kier alpha value is -1.22. The number of aromatic nitrogens is 1. The van der Waals surface area contributed by atoms with Crippen molar-refractivity contribution in [2.75, 3.05) is 20.1 Å². The van der Waals surface area contributed by atoms with E-state index >= 15 is 0 Å². The maximum Gasteiger partial charge on any atom is 0.150 e. The largest absolute Gasteiger partial charge is 0.306 e. The Morgan fingerprint density at radius 1 is 1.47 bits per heavy atom. The van der Waals surface area contributed by atoms with E-state index in [1.54, 1.807) is 12.3 Å². The average molecular weight is 204 g/mol. The third kappa shape index (κ3) is 2.23. The zero-order chi connectivity index (χ0) is 10.7. The first-order chi connectivity index (χ1) is 7.31. The molecule has 2 heterocycles. The molecule has 3 nitrogen and oxygen atoms in total. The van der Waals surface area contributed by atoms with Crippen LogP contribution in [0.15, 0.2) is 18.5 Å². The maximum absolute atomic E-state index is 10.9. The molecular formula is C12H16N2O. The SMILES string of the molecule is CN1CCC(c2cnccc2C=O)CC1. The van der Waals surface area contributed by atoms with Gasteiger partial charge >= 0.3 is 0 Å². The number of hydrogen-bond acceptors (Lipinski definition) is 3. The Morgan fingerprint density at radius 3 is 2.87 bits per heavy atom. The average Bonchev–Trinajstić information content (AvgIpc) is 2.30. The van der Waals surface area contributed by atoms with Crippen molar-refractivity contribution in [2.45, 2.75) is 18.8 Å². The predicted molar refractivity (Wildman–Crippen MR) is 59.1 cm³/mol. The van der Waals surface area contributed by atoms with E-state index in [1.165, 1.54) is 0 Å². The molecule has 1 aliphatic rings. The van der Waals surface area contributed by atoms with Gasteiger partial charge in [0.1, 0.15) is 6.29 Å². The Labute approximate surface area is 90.1 Å². The number of rotatable bonds is 2. The van der Waals surface area contributed by atoms with Gasteiger partial charge in [0.05, 0.1) is 0 Å². The van der Waals surface area contributed by atoms with Gasteiger partial charge in [0, 0.05) is 18.0 Å². The van der Waals surface area contributed by atoms with Crippen LogP contribution in [0.4, 0.5) is 0 Å². The fraction of sp³-hybridized carbons (Fsp3) is 0.500. The van der Waals surface area contributed by atoms with Gasteiger partial charge in [0.25, 0.3) is 0 Å². The van der Waals surface area contributed by atoms with Crippen LogP contribution >= 0.6 is 0 Å². The number of likely N-dealkylation sites (tertiary alicyclic amines) is 1. The summed E-state index contributed by atoms with van der Waals surface area (Å²) >= 11 is 0. The summed E-state index contributed by atoms with van der Waals surface area (Å²) in [7, 11) is 2.14. The molecule has 0 unspecified atom stereocenters. The van der Waals surface area contributed by atoms with Crippen molar-refractivity contribution < 1.29 is 4.79 Å². The number of nitrogens with zero attached hydrogens (tertiary/aromatic N) is 2. The van der Waals surface area contributed by atoms with Gasteiger partial charge in [0.15, 0.2) is 0 Å². The van der Waals surface area contributed by atoms with Gasteiger partial charge in [-0.3, -0.25) is 9.78 Å². The highest BCUT2D eigenvalue weighted by molar-refractivity contribution is 5.77. The van der Waals surface area contributed by atoms with Crippen molar-refractivity contribution >= 4 is 6.29 Å². The normalized spacial score (nSPS) is 19.0. The molecule has 80 valence electrons. The van der Waals surface area contributed by atoms with Crippen LogP contribution in [0.25, 0.3) is 0 Å². The smallest absolute Gasteiger partial charge is 0.150 e. The first kappa shape index (κ1) is 10.3. The van der Waals surface area contributed by atoms with Crippen molar-refractivity contribution in [3.63, 3.8) is 0 Å². The van der Waals surface area contributed by atoms with E-state index in [4.69, 9.17) is 0 Å². The predicted octanol–water partition coefficient (Wildman–Crippen LogP) is 1.70. The highest BCUT2D eigenvalue weighted by Crippen LogP contribution is 2.28. The molecule has 0 aromatic carbocycles. The van der Waals surface area contributed by atoms with Gasteiger partial charge in [-0.25, -0.2) is 0 Å². The minimum atomic E-state index is 0.509. The van der Waals surface area contributed by atoms with Crippen molar-refractivity contribution in [1.29, 1.82) is 0 Å². The number of hydrogen-bond donors (Lipinski definition) is 0. The van der Waals surface area contributed by atoms with E-state index in [2.05, 4.69) is 16.9 Å². The van der Waals surface area contributed by atoms with Gasteiger partial charge in [-0.05, 0) is 50.5 Å². The summed E-state index contributed by atoms with van der Waals surface area (Å²) in [5.41, 5.74) is 1.93. The lowest BCUT2D eigenvalue weighted by Gasteiger charge is -2.29. The molecule has 2 rings (SSSR count). The fourth-order valence-corrected chi connectivity index (χ4v) is 2.19. The number of piperidine rings is 1. The topological polar surface area (TPSA) is 33.2 Å². The second kappa shape index (κ2) is 4.53. The summed E-state index contributed by atoms with van der Waals surface area (Å²) in [6, 6.07) is 1.81. The summed E-state index contributed by atoms with van der Waals surface area (Å²) in [5, 5.41) is 0. The van der Waals surface area contributed by atoms with Gasteiger partial charge in [-0.2, -0.15) is 0 Å². The second-order valence-corrected chi connectivity index (χ2v) is 4.20. The van der Waals surface area contributed by atoms with Crippen LogP contribution in [0.1, 0.15) is 34.7 Å². The zero-order valence-corrected chi connectivity index (χ0v) is 9.02. The molecular weight excluding hydrogens is 188 g/mol. The first-order valence-electron chi connectivity index (χ1n) is 5.39. The van der Waals surface area contributed by atoms with E-state index in [9.17, 15) is 4.79 Å². The van der Waals surface area contributed by atoms with Gasteiger partial charge in [0.2, 0.25) is 0 Å².